The number of para-hydroxylation sites is 1. The Kier molecular flexibility index (Phi) is 4.51. The van der Waals surface area contributed by atoms with Crippen LogP contribution in [0, 0.1) is 13.8 Å². The standard InChI is InChI=1S/C16H17NO4S/c1-11-8-9-12(2)15(10-11)22(19,20)17-14-7-5-4-6-13(14)16(18)21-3/h4-10,17H,1-3H3. The summed E-state index contributed by atoms with van der Waals surface area (Å²) >= 11 is 0. The minimum Gasteiger partial charge on any atom is -0.465 e. The highest BCUT2D eigenvalue weighted by Crippen LogP contribution is 2.23. The van der Waals surface area contributed by atoms with Crippen LogP contribution in [-0.4, -0.2) is 21.5 Å². The van der Waals surface area contributed by atoms with Gasteiger partial charge in [-0.3, -0.25) is 4.72 Å². The molecule has 0 atom stereocenters. The van der Waals surface area contributed by atoms with E-state index in [9.17, 15) is 13.2 Å². The van der Waals surface area contributed by atoms with Gasteiger partial charge in [-0.05, 0) is 43.2 Å². The Morgan fingerprint density at radius 1 is 1.09 bits per heavy atom. The third-order valence-electron chi connectivity index (χ3n) is 3.21. The highest BCUT2D eigenvalue weighted by molar-refractivity contribution is 7.92. The summed E-state index contributed by atoms with van der Waals surface area (Å²) in [6.07, 6.45) is 0. The predicted molar refractivity (Wildman–Crippen MR) is 84.5 cm³/mol. The first-order chi connectivity index (χ1) is 10.3. The van der Waals surface area contributed by atoms with Crippen LogP contribution in [0.1, 0.15) is 21.5 Å². The molecule has 0 aliphatic heterocycles. The van der Waals surface area contributed by atoms with Crippen LogP contribution in [0.2, 0.25) is 0 Å². The van der Waals surface area contributed by atoms with Gasteiger partial charge in [-0.2, -0.15) is 0 Å². The van der Waals surface area contributed by atoms with Crippen LogP contribution >= 0.6 is 0 Å². The number of aryl methyl sites for hydroxylation is 2. The summed E-state index contributed by atoms with van der Waals surface area (Å²) in [5, 5.41) is 0. The van der Waals surface area contributed by atoms with E-state index in [0.717, 1.165) is 5.56 Å². The number of carbonyl (C=O) groups is 1. The minimum atomic E-state index is -3.79. The van der Waals surface area contributed by atoms with Gasteiger partial charge in [-0.25, -0.2) is 13.2 Å². The van der Waals surface area contributed by atoms with Crippen LogP contribution in [0.4, 0.5) is 5.69 Å². The number of rotatable bonds is 4. The van der Waals surface area contributed by atoms with Crippen LogP contribution in [-0.2, 0) is 14.8 Å². The minimum absolute atomic E-state index is 0.166. The number of ether oxygens (including phenoxy) is 1. The van der Waals surface area contributed by atoms with E-state index in [4.69, 9.17) is 0 Å². The highest BCUT2D eigenvalue weighted by Gasteiger charge is 2.20. The maximum atomic E-state index is 12.6. The molecule has 0 aliphatic rings. The van der Waals surface area contributed by atoms with Gasteiger partial charge in [0.15, 0.2) is 0 Å². The molecule has 0 radical (unpaired) electrons. The number of nitrogens with one attached hydrogen (secondary N) is 1. The number of sulfonamides is 1. The average Bonchev–Trinajstić information content (AvgIpc) is 2.49. The number of hydrogen-bond donors (Lipinski definition) is 1. The van der Waals surface area contributed by atoms with Gasteiger partial charge in [0, 0.05) is 0 Å². The maximum Gasteiger partial charge on any atom is 0.339 e. The van der Waals surface area contributed by atoms with Crippen molar-refractivity contribution < 1.29 is 17.9 Å². The monoisotopic (exact) mass is 319 g/mol. The lowest BCUT2D eigenvalue weighted by Crippen LogP contribution is -2.17. The molecule has 2 aromatic rings. The van der Waals surface area contributed by atoms with Crippen molar-refractivity contribution in [3.05, 3.63) is 59.2 Å². The Bertz CT molecular complexity index is 813. The average molecular weight is 319 g/mol. The Morgan fingerprint density at radius 3 is 2.45 bits per heavy atom. The van der Waals surface area contributed by atoms with Gasteiger partial charge >= 0.3 is 5.97 Å². The summed E-state index contributed by atoms with van der Waals surface area (Å²) in [5.41, 5.74) is 1.83. The molecular formula is C16H17NO4S. The van der Waals surface area contributed by atoms with Crippen LogP contribution in [0.25, 0.3) is 0 Å². The Hall–Kier alpha value is -2.34. The summed E-state index contributed by atoms with van der Waals surface area (Å²) in [5.74, 6) is -0.598. The Balaban J connectivity index is 2.46. The maximum absolute atomic E-state index is 12.6. The zero-order chi connectivity index (χ0) is 16.3. The zero-order valence-electron chi connectivity index (χ0n) is 12.6. The normalized spacial score (nSPS) is 11.0. The number of carbonyl (C=O) groups excluding carboxylic acids is 1. The molecule has 116 valence electrons. The fourth-order valence-corrected chi connectivity index (χ4v) is 3.47. The quantitative estimate of drug-likeness (QED) is 0.880. The van der Waals surface area contributed by atoms with Crippen molar-refractivity contribution in [1.82, 2.24) is 0 Å². The van der Waals surface area contributed by atoms with E-state index in [1.807, 2.05) is 13.0 Å². The zero-order valence-corrected chi connectivity index (χ0v) is 13.4. The Morgan fingerprint density at radius 2 is 1.77 bits per heavy atom. The van der Waals surface area contributed by atoms with E-state index in [1.54, 1.807) is 31.2 Å². The molecule has 0 aliphatic carbocycles. The SMILES string of the molecule is COC(=O)c1ccccc1NS(=O)(=O)c1cc(C)ccc1C. The van der Waals surface area contributed by atoms with Crippen LogP contribution in [0.5, 0.6) is 0 Å². The largest absolute Gasteiger partial charge is 0.465 e. The van der Waals surface area contributed by atoms with Gasteiger partial charge in [0.2, 0.25) is 0 Å². The van der Waals surface area contributed by atoms with E-state index in [-0.39, 0.29) is 16.1 Å². The topological polar surface area (TPSA) is 72.5 Å². The van der Waals surface area contributed by atoms with Gasteiger partial charge in [0.05, 0.1) is 23.3 Å². The molecule has 0 fully saturated rings. The van der Waals surface area contributed by atoms with E-state index < -0.39 is 16.0 Å². The van der Waals surface area contributed by atoms with Gasteiger partial charge in [-0.15, -0.1) is 0 Å². The third-order valence-corrected chi connectivity index (χ3v) is 4.72. The van der Waals surface area contributed by atoms with Crippen LogP contribution in [0.15, 0.2) is 47.4 Å². The number of anilines is 1. The fraction of sp³-hybridized carbons (Fsp3) is 0.188. The van der Waals surface area contributed by atoms with Crippen LogP contribution in [0.3, 0.4) is 0 Å². The molecule has 0 amide bonds. The van der Waals surface area contributed by atoms with Crippen molar-refractivity contribution in [2.45, 2.75) is 18.7 Å². The summed E-state index contributed by atoms with van der Waals surface area (Å²) in [4.78, 5) is 11.9. The molecule has 5 nitrogen and oxygen atoms in total. The Labute approximate surface area is 130 Å². The van der Waals surface area contributed by atoms with E-state index in [2.05, 4.69) is 9.46 Å². The molecule has 0 aromatic heterocycles. The molecule has 6 heteroatoms. The van der Waals surface area contributed by atoms with Crippen LogP contribution < -0.4 is 4.72 Å². The van der Waals surface area contributed by atoms with Gasteiger partial charge in [0.25, 0.3) is 10.0 Å². The number of hydrogen-bond acceptors (Lipinski definition) is 4. The molecular weight excluding hydrogens is 302 g/mol. The lowest BCUT2D eigenvalue weighted by atomic mass is 10.2. The first-order valence-corrected chi connectivity index (χ1v) is 8.11. The predicted octanol–water partition coefficient (Wildman–Crippen LogP) is 2.89. The molecule has 2 rings (SSSR count). The second-order valence-electron chi connectivity index (χ2n) is 4.91. The van der Waals surface area contributed by atoms with Gasteiger partial charge in [-0.1, -0.05) is 24.3 Å². The van der Waals surface area contributed by atoms with Crippen molar-refractivity contribution >= 4 is 21.7 Å². The lowest BCUT2D eigenvalue weighted by molar-refractivity contribution is 0.0602. The molecule has 0 saturated carbocycles. The third kappa shape index (κ3) is 3.28. The molecule has 0 unspecified atom stereocenters. The number of methoxy groups -OCH3 is 1. The lowest BCUT2D eigenvalue weighted by Gasteiger charge is -2.13. The molecule has 0 saturated heterocycles. The van der Waals surface area contributed by atoms with Gasteiger partial charge in [0.1, 0.15) is 0 Å². The van der Waals surface area contributed by atoms with Crippen molar-refractivity contribution in [2.24, 2.45) is 0 Å². The first kappa shape index (κ1) is 16.0. The van der Waals surface area contributed by atoms with E-state index in [1.165, 1.54) is 19.2 Å². The second kappa shape index (κ2) is 6.19. The second-order valence-corrected chi connectivity index (χ2v) is 6.56. The van der Waals surface area contributed by atoms with Gasteiger partial charge < -0.3 is 4.74 Å². The highest BCUT2D eigenvalue weighted by atomic mass is 32.2. The van der Waals surface area contributed by atoms with Crippen molar-refractivity contribution in [3.63, 3.8) is 0 Å². The van der Waals surface area contributed by atoms with Crippen molar-refractivity contribution in [1.29, 1.82) is 0 Å². The molecule has 0 spiro atoms. The molecule has 0 heterocycles. The van der Waals surface area contributed by atoms with Crippen molar-refractivity contribution in [3.8, 4) is 0 Å². The molecule has 22 heavy (non-hydrogen) atoms. The summed E-state index contributed by atoms with van der Waals surface area (Å²) < 4.78 is 32.3. The van der Waals surface area contributed by atoms with Crippen molar-refractivity contribution in [2.75, 3.05) is 11.8 Å². The summed E-state index contributed by atoms with van der Waals surface area (Å²) in [6, 6.07) is 11.5. The van der Waals surface area contributed by atoms with E-state index >= 15 is 0 Å². The summed E-state index contributed by atoms with van der Waals surface area (Å²) in [7, 11) is -2.54. The molecule has 1 N–H and O–H groups in total. The molecule has 0 bridgehead atoms. The molecule has 2 aromatic carbocycles. The first-order valence-electron chi connectivity index (χ1n) is 6.62. The summed E-state index contributed by atoms with van der Waals surface area (Å²) in [6.45, 7) is 3.54. The number of benzene rings is 2. The fourth-order valence-electron chi connectivity index (χ4n) is 2.06. The smallest absolute Gasteiger partial charge is 0.339 e. The number of esters is 1. The van der Waals surface area contributed by atoms with E-state index in [0.29, 0.717) is 5.56 Å².